The highest BCUT2D eigenvalue weighted by Crippen LogP contribution is 2.42. The number of pyridine rings is 1. The smallest absolute Gasteiger partial charge is 0.216 e. The number of benzene rings is 1. The Kier molecular flexibility index (Phi) is 5.77. The van der Waals surface area contributed by atoms with E-state index in [1.54, 1.807) is 48.6 Å². The highest BCUT2D eigenvalue weighted by Gasteiger charge is 2.47. The van der Waals surface area contributed by atoms with Crippen molar-refractivity contribution in [3.8, 4) is 11.3 Å². The fourth-order valence-corrected chi connectivity index (χ4v) is 6.53. The molecule has 30 heavy (non-hydrogen) atoms. The first-order chi connectivity index (χ1) is 14.3. The van der Waals surface area contributed by atoms with Crippen molar-refractivity contribution in [1.82, 2.24) is 9.29 Å². The van der Waals surface area contributed by atoms with Gasteiger partial charge in [-0.15, -0.1) is 0 Å². The summed E-state index contributed by atoms with van der Waals surface area (Å²) >= 11 is 0. The number of carbonyl (C=O) groups is 1. The van der Waals surface area contributed by atoms with Crippen molar-refractivity contribution >= 4 is 15.8 Å². The Bertz CT molecular complexity index is 1020. The van der Waals surface area contributed by atoms with Gasteiger partial charge < -0.3 is 0 Å². The Morgan fingerprint density at radius 1 is 1.17 bits per heavy atom. The molecule has 0 spiro atoms. The molecule has 3 heterocycles. The Balaban J connectivity index is 1.42. The maximum absolute atomic E-state index is 13.4. The van der Waals surface area contributed by atoms with Crippen LogP contribution in [-0.4, -0.2) is 40.8 Å². The lowest BCUT2D eigenvalue weighted by molar-refractivity contribution is 0.0924. The van der Waals surface area contributed by atoms with E-state index in [2.05, 4.69) is 4.98 Å². The van der Waals surface area contributed by atoms with Crippen LogP contribution in [0.15, 0.2) is 42.6 Å². The molecule has 0 saturated carbocycles. The van der Waals surface area contributed by atoms with Crippen LogP contribution in [0.25, 0.3) is 11.3 Å². The maximum Gasteiger partial charge on any atom is 0.216 e. The maximum atomic E-state index is 13.4. The van der Waals surface area contributed by atoms with Crippen LogP contribution in [-0.2, 0) is 10.0 Å². The quantitative estimate of drug-likeness (QED) is 0.636. The molecule has 0 N–H and O–H groups in total. The van der Waals surface area contributed by atoms with Gasteiger partial charge in [-0.1, -0.05) is 12.1 Å². The van der Waals surface area contributed by atoms with E-state index in [4.69, 9.17) is 0 Å². The summed E-state index contributed by atoms with van der Waals surface area (Å²) in [5, 5.41) is -0.415. The average Bonchev–Trinajstić information content (AvgIpc) is 3.00. The Labute approximate surface area is 177 Å². The number of ketones is 1. The predicted molar refractivity (Wildman–Crippen MR) is 114 cm³/mol. The van der Waals surface area contributed by atoms with Crippen LogP contribution in [0, 0.1) is 11.7 Å². The van der Waals surface area contributed by atoms with Gasteiger partial charge in [0.2, 0.25) is 10.0 Å². The normalized spacial score (nSPS) is 24.3. The van der Waals surface area contributed by atoms with E-state index >= 15 is 0 Å². The molecule has 3 atom stereocenters. The van der Waals surface area contributed by atoms with Gasteiger partial charge >= 0.3 is 0 Å². The average molecular weight is 431 g/mol. The standard InChI is InChI=1S/C23H27FN2O3S/c1-15(2)30(28,29)26-20-7-8-21(26)11-16(10-20)12-23(27)18-6-9-22(25-14-18)17-4-3-5-19(24)13-17/h3-6,9,13-16,20-21H,7-8,10-12H2,1-2H3/t16?,20-,21+. The van der Waals surface area contributed by atoms with Crippen molar-refractivity contribution in [2.24, 2.45) is 5.92 Å². The van der Waals surface area contributed by atoms with Gasteiger partial charge in [0.05, 0.1) is 10.9 Å². The molecule has 2 aromatic rings. The Morgan fingerprint density at radius 2 is 1.87 bits per heavy atom. The fourth-order valence-electron chi connectivity index (χ4n) is 4.83. The number of aromatic nitrogens is 1. The van der Waals surface area contributed by atoms with Crippen molar-refractivity contribution in [2.45, 2.75) is 63.3 Å². The molecule has 1 unspecified atom stereocenters. The molecule has 0 aliphatic carbocycles. The van der Waals surface area contributed by atoms with Gasteiger partial charge in [-0.2, -0.15) is 4.31 Å². The molecule has 160 valence electrons. The number of carbonyl (C=O) groups excluding carboxylic acids is 1. The zero-order chi connectivity index (χ0) is 21.5. The second-order valence-electron chi connectivity index (χ2n) is 8.72. The lowest BCUT2D eigenvalue weighted by Crippen LogP contribution is -2.49. The minimum absolute atomic E-state index is 0.0161. The minimum Gasteiger partial charge on any atom is -0.294 e. The monoisotopic (exact) mass is 430 g/mol. The van der Waals surface area contributed by atoms with E-state index in [-0.39, 0.29) is 29.6 Å². The van der Waals surface area contributed by atoms with E-state index in [0.717, 1.165) is 25.7 Å². The minimum atomic E-state index is -3.26. The molecule has 1 aromatic carbocycles. The van der Waals surface area contributed by atoms with Gasteiger partial charge in [-0.25, -0.2) is 12.8 Å². The Morgan fingerprint density at radius 3 is 2.43 bits per heavy atom. The number of hydrogen-bond donors (Lipinski definition) is 0. The van der Waals surface area contributed by atoms with Crippen molar-refractivity contribution < 1.29 is 17.6 Å². The summed E-state index contributed by atoms with van der Waals surface area (Å²) in [4.78, 5) is 17.1. The van der Waals surface area contributed by atoms with Crippen molar-refractivity contribution in [3.05, 3.63) is 54.0 Å². The van der Waals surface area contributed by atoms with Gasteiger partial charge in [0.15, 0.2) is 5.78 Å². The molecule has 5 nitrogen and oxygen atoms in total. The van der Waals surface area contributed by atoms with Crippen LogP contribution >= 0.6 is 0 Å². The van der Waals surface area contributed by atoms with Crippen LogP contribution in [0.1, 0.15) is 56.3 Å². The topological polar surface area (TPSA) is 67.3 Å². The molecule has 0 amide bonds. The van der Waals surface area contributed by atoms with Crippen molar-refractivity contribution in [2.75, 3.05) is 0 Å². The SMILES string of the molecule is CC(C)S(=O)(=O)N1[C@@H]2CC[C@H]1CC(CC(=O)c1ccc(-c3cccc(F)c3)nc1)C2. The lowest BCUT2D eigenvalue weighted by atomic mass is 9.87. The van der Waals surface area contributed by atoms with Crippen LogP contribution < -0.4 is 0 Å². The zero-order valence-corrected chi connectivity index (χ0v) is 18.1. The number of hydrogen-bond acceptors (Lipinski definition) is 4. The van der Waals surface area contributed by atoms with E-state index < -0.39 is 15.3 Å². The van der Waals surface area contributed by atoms with Gasteiger partial charge in [-0.3, -0.25) is 9.78 Å². The predicted octanol–water partition coefficient (Wildman–Crippen LogP) is 4.44. The molecule has 2 fully saturated rings. The van der Waals surface area contributed by atoms with Crippen LogP contribution in [0.5, 0.6) is 0 Å². The molecular weight excluding hydrogens is 403 g/mol. The Hall–Kier alpha value is -2.12. The largest absolute Gasteiger partial charge is 0.294 e. The van der Waals surface area contributed by atoms with E-state index in [9.17, 15) is 17.6 Å². The summed E-state index contributed by atoms with van der Waals surface area (Å²) < 4.78 is 40.5. The van der Waals surface area contributed by atoms with Crippen molar-refractivity contribution in [1.29, 1.82) is 0 Å². The lowest BCUT2D eigenvalue weighted by Gasteiger charge is -2.38. The molecule has 2 bridgehead atoms. The fraction of sp³-hybridized carbons (Fsp3) is 0.478. The molecule has 2 aliphatic heterocycles. The third-order valence-electron chi connectivity index (χ3n) is 6.33. The molecule has 7 heteroatoms. The molecule has 0 radical (unpaired) electrons. The summed E-state index contributed by atoms with van der Waals surface area (Å²) in [6.45, 7) is 3.45. The summed E-state index contributed by atoms with van der Waals surface area (Å²) in [7, 11) is -3.26. The highest BCUT2D eigenvalue weighted by molar-refractivity contribution is 7.89. The number of halogens is 1. The third-order valence-corrected chi connectivity index (χ3v) is 8.71. The summed E-state index contributed by atoms with van der Waals surface area (Å²) in [6, 6.07) is 9.72. The van der Waals surface area contributed by atoms with E-state index in [0.29, 0.717) is 23.2 Å². The molecular formula is C23H27FN2O3S. The second kappa shape index (κ2) is 8.19. The number of fused-ring (bicyclic) bond motifs is 2. The number of rotatable bonds is 6. The van der Waals surface area contributed by atoms with Gasteiger partial charge in [0, 0.05) is 35.8 Å². The number of piperidine rings is 1. The first-order valence-electron chi connectivity index (χ1n) is 10.5. The van der Waals surface area contributed by atoms with Gasteiger partial charge in [0.1, 0.15) is 5.82 Å². The van der Waals surface area contributed by atoms with E-state index in [1.807, 2.05) is 0 Å². The van der Waals surface area contributed by atoms with Gasteiger partial charge in [-0.05, 0) is 69.7 Å². The van der Waals surface area contributed by atoms with Crippen LogP contribution in [0.3, 0.4) is 0 Å². The summed E-state index contributed by atoms with van der Waals surface area (Å²) in [6.07, 6.45) is 5.20. The summed E-state index contributed by atoms with van der Waals surface area (Å²) in [5.74, 6) is -0.107. The number of sulfonamides is 1. The number of Topliss-reactive ketones (excluding diaryl/α,β-unsaturated/α-hetero) is 1. The van der Waals surface area contributed by atoms with Crippen LogP contribution in [0.4, 0.5) is 4.39 Å². The summed E-state index contributed by atoms with van der Waals surface area (Å²) in [5.41, 5.74) is 1.83. The first-order valence-corrected chi connectivity index (χ1v) is 12.0. The van der Waals surface area contributed by atoms with Crippen molar-refractivity contribution in [3.63, 3.8) is 0 Å². The van der Waals surface area contributed by atoms with E-state index in [1.165, 1.54) is 12.1 Å². The molecule has 2 aliphatic rings. The number of nitrogens with zero attached hydrogens (tertiary/aromatic N) is 2. The third kappa shape index (κ3) is 4.05. The molecule has 2 saturated heterocycles. The van der Waals surface area contributed by atoms with Gasteiger partial charge in [0.25, 0.3) is 0 Å². The second-order valence-corrected chi connectivity index (χ2v) is 11.1. The molecule has 4 rings (SSSR count). The first kappa shape index (κ1) is 21.1. The van der Waals surface area contributed by atoms with Crippen LogP contribution in [0.2, 0.25) is 0 Å². The zero-order valence-electron chi connectivity index (χ0n) is 17.3. The highest BCUT2D eigenvalue weighted by atomic mass is 32.2. The molecule has 1 aromatic heterocycles.